The van der Waals surface area contributed by atoms with Crippen LogP contribution in [-0.4, -0.2) is 16.8 Å². The smallest absolute Gasteiger partial charge is 0.274 e. The number of carbonyl (C=O) groups excluding carboxylic acids is 2. The van der Waals surface area contributed by atoms with Crippen molar-refractivity contribution in [1.29, 1.82) is 0 Å². The highest BCUT2D eigenvalue weighted by atomic mass is 16.2. The summed E-state index contributed by atoms with van der Waals surface area (Å²) >= 11 is 0. The third-order valence-corrected chi connectivity index (χ3v) is 4.33. The van der Waals surface area contributed by atoms with Crippen molar-refractivity contribution in [2.75, 3.05) is 16.0 Å². The Morgan fingerprint density at radius 2 is 1.31 bits per heavy atom. The molecule has 0 aliphatic rings. The molecule has 29 heavy (non-hydrogen) atoms. The standard InChI is InChI=1S/C23H24N4O2/c1-15(2)17-4-6-19(7-5-17)26-21-12-13-22(24-14-21)23(29)27-20-10-8-18(9-11-20)25-16(3)28/h4-15,26H,1-3H3,(H,25,28)(H,27,29). The second-order valence-corrected chi connectivity index (χ2v) is 7.05. The molecule has 0 spiro atoms. The molecule has 0 saturated heterocycles. The summed E-state index contributed by atoms with van der Waals surface area (Å²) in [6.45, 7) is 5.77. The molecule has 0 fully saturated rings. The lowest BCUT2D eigenvalue weighted by Gasteiger charge is -2.10. The molecule has 3 rings (SSSR count). The van der Waals surface area contributed by atoms with Gasteiger partial charge < -0.3 is 16.0 Å². The molecular weight excluding hydrogens is 364 g/mol. The maximum Gasteiger partial charge on any atom is 0.274 e. The van der Waals surface area contributed by atoms with E-state index in [0.717, 1.165) is 11.4 Å². The summed E-state index contributed by atoms with van der Waals surface area (Å²) < 4.78 is 0. The van der Waals surface area contributed by atoms with Crippen molar-refractivity contribution in [3.63, 3.8) is 0 Å². The predicted molar refractivity (Wildman–Crippen MR) is 117 cm³/mol. The quantitative estimate of drug-likeness (QED) is 0.545. The van der Waals surface area contributed by atoms with Crippen LogP contribution in [0, 0.1) is 0 Å². The molecule has 2 aromatic carbocycles. The maximum atomic E-state index is 12.4. The van der Waals surface area contributed by atoms with Crippen molar-refractivity contribution < 1.29 is 9.59 Å². The van der Waals surface area contributed by atoms with Gasteiger partial charge in [0.1, 0.15) is 5.69 Å². The zero-order chi connectivity index (χ0) is 20.8. The lowest BCUT2D eigenvalue weighted by molar-refractivity contribution is -0.114. The topological polar surface area (TPSA) is 83.1 Å². The van der Waals surface area contributed by atoms with E-state index in [0.29, 0.717) is 23.0 Å². The molecule has 0 bridgehead atoms. The van der Waals surface area contributed by atoms with Gasteiger partial charge in [-0.05, 0) is 60.0 Å². The number of anilines is 4. The minimum absolute atomic E-state index is 0.143. The Morgan fingerprint density at radius 3 is 1.83 bits per heavy atom. The lowest BCUT2D eigenvalue weighted by atomic mass is 10.0. The van der Waals surface area contributed by atoms with E-state index in [1.54, 1.807) is 36.5 Å². The van der Waals surface area contributed by atoms with Crippen LogP contribution in [0.3, 0.4) is 0 Å². The van der Waals surface area contributed by atoms with Crippen LogP contribution in [0.2, 0.25) is 0 Å². The molecule has 1 heterocycles. The van der Waals surface area contributed by atoms with Crippen LogP contribution < -0.4 is 16.0 Å². The molecule has 1 aromatic heterocycles. The number of pyridine rings is 1. The van der Waals surface area contributed by atoms with Crippen LogP contribution in [0.5, 0.6) is 0 Å². The molecule has 0 unspecified atom stereocenters. The molecule has 0 saturated carbocycles. The molecule has 0 aliphatic carbocycles. The van der Waals surface area contributed by atoms with Crippen LogP contribution >= 0.6 is 0 Å². The second kappa shape index (κ2) is 9.01. The summed E-state index contributed by atoms with van der Waals surface area (Å²) in [5.41, 5.74) is 4.66. The first-order chi connectivity index (χ1) is 13.9. The highest BCUT2D eigenvalue weighted by Crippen LogP contribution is 2.20. The molecule has 3 aromatic rings. The van der Waals surface area contributed by atoms with Gasteiger partial charge in [0.2, 0.25) is 5.91 Å². The highest BCUT2D eigenvalue weighted by molar-refractivity contribution is 6.03. The zero-order valence-electron chi connectivity index (χ0n) is 16.7. The summed E-state index contributed by atoms with van der Waals surface area (Å²) in [5.74, 6) is 0.0470. The molecule has 0 atom stereocenters. The van der Waals surface area contributed by atoms with Gasteiger partial charge in [0.25, 0.3) is 5.91 Å². The fourth-order valence-corrected chi connectivity index (χ4v) is 2.76. The monoisotopic (exact) mass is 388 g/mol. The summed E-state index contributed by atoms with van der Waals surface area (Å²) in [6, 6.07) is 18.6. The first kappa shape index (κ1) is 20.1. The SMILES string of the molecule is CC(=O)Nc1ccc(NC(=O)c2ccc(Nc3ccc(C(C)C)cc3)cn2)cc1. The van der Waals surface area contributed by atoms with Crippen LogP contribution in [0.4, 0.5) is 22.7 Å². The van der Waals surface area contributed by atoms with Crippen LogP contribution in [0.25, 0.3) is 0 Å². The van der Waals surface area contributed by atoms with Crippen LogP contribution in [-0.2, 0) is 4.79 Å². The third kappa shape index (κ3) is 5.65. The van der Waals surface area contributed by atoms with Crippen molar-refractivity contribution in [2.45, 2.75) is 26.7 Å². The summed E-state index contributed by atoms with van der Waals surface area (Å²) in [7, 11) is 0. The first-order valence-electron chi connectivity index (χ1n) is 9.43. The van der Waals surface area contributed by atoms with Gasteiger partial charge in [0.05, 0.1) is 11.9 Å². The van der Waals surface area contributed by atoms with Gasteiger partial charge in [-0.25, -0.2) is 4.98 Å². The van der Waals surface area contributed by atoms with Gasteiger partial charge in [-0.1, -0.05) is 26.0 Å². The molecular formula is C23H24N4O2. The minimum Gasteiger partial charge on any atom is -0.354 e. The highest BCUT2D eigenvalue weighted by Gasteiger charge is 2.08. The normalized spacial score (nSPS) is 10.5. The van der Waals surface area contributed by atoms with Gasteiger partial charge in [-0.3, -0.25) is 9.59 Å². The zero-order valence-corrected chi connectivity index (χ0v) is 16.7. The van der Waals surface area contributed by atoms with Crippen LogP contribution in [0.1, 0.15) is 42.7 Å². The van der Waals surface area contributed by atoms with E-state index in [1.807, 2.05) is 18.2 Å². The molecule has 0 aliphatic heterocycles. The van der Waals surface area contributed by atoms with Crippen LogP contribution in [0.15, 0.2) is 66.9 Å². The molecule has 2 amide bonds. The second-order valence-electron chi connectivity index (χ2n) is 7.05. The van der Waals surface area contributed by atoms with E-state index < -0.39 is 0 Å². The van der Waals surface area contributed by atoms with Crippen molar-refractivity contribution in [3.8, 4) is 0 Å². The fraction of sp³-hybridized carbons (Fsp3) is 0.174. The number of nitrogens with zero attached hydrogens (tertiary/aromatic N) is 1. The molecule has 6 heteroatoms. The number of nitrogens with one attached hydrogen (secondary N) is 3. The van der Waals surface area contributed by atoms with Gasteiger partial charge in [-0.2, -0.15) is 0 Å². The average molecular weight is 388 g/mol. The number of carbonyl (C=O) groups is 2. The van der Waals surface area contributed by atoms with Gasteiger partial charge in [-0.15, -0.1) is 0 Å². The molecule has 0 radical (unpaired) electrons. The van der Waals surface area contributed by atoms with E-state index in [9.17, 15) is 9.59 Å². The Morgan fingerprint density at radius 1 is 0.759 bits per heavy atom. The Bertz CT molecular complexity index is 979. The number of hydrogen-bond acceptors (Lipinski definition) is 4. The van der Waals surface area contributed by atoms with Gasteiger partial charge in [0, 0.05) is 24.0 Å². The van der Waals surface area contributed by atoms with Gasteiger partial charge >= 0.3 is 0 Å². The fourth-order valence-electron chi connectivity index (χ4n) is 2.76. The number of aromatic nitrogens is 1. The lowest BCUT2D eigenvalue weighted by Crippen LogP contribution is -2.13. The molecule has 3 N–H and O–H groups in total. The van der Waals surface area contributed by atoms with E-state index >= 15 is 0 Å². The van der Waals surface area contributed by atoms with Crippen molar-refractivity contribution in [3.05, 3.63) is 78.1 Å². The predicted octanol–water partition coefficient (Wildman–Crippen LogP) is 5.16. The number of hydrogen-bond donors (Lipinski definition) is 3. The van der Waals surface area contributed by atoms with Crippen molar-refractivity contribution in [1.82, 2.24) is 4.98 Å². The van der Waals surface area contributed by atoms with Crippen molar-refractivity contribution >= 4 is 34.6 Å². The molecule has 148 valence electrons. The Kier molecular flexibility index (Phi) is 6.24. The van der Waals surface area contributed by atoms with E-state index in [-0.39, 0.29) is 11.8 Å². The molecule has 6 nitrogen and oxygen atoms in total. The van der Waals surface area contributed by atoms with E-state index in [1.165, 1.54) is 12.5 Å². The summed E-state index contributed by atoms with van der Waals surface area (Å²) in [4.78, 5) is 27.7. The minimum atomic E-state index is -0.301. The largest absolute Gasteiger partial charge is 0.354 e. The number of benzene rings is 2. The summed E-state index contributed by atoms with van der Waals surface area (Å²) in [5, 5.41) is 8.75. The average Bonchev–Trinajstić information content (AvgIpc) is 2.70. The Labute approximate surface area is 170 Å². The van der Waals surface area contributed by atoms with E-state index in [2.05, 4.69) is 46.9 Å². The van der Waals surface area contributed by atoms with Crippen molar-refractivity contribution in [2.24, 2.45) is 0 Å². The summed E-state index contributed by atoms with van der Waals surface area (Å²) in [6.07, 6.45) is 1.63. The van der Waals surface area contributed by atoms with Gasteiger partial charge in [0.15, 0.2) is 0 Å². The number of amides is 2. The van der Waals surface area contributed by atoms with E-state index in [4.69, 9.17) is 0 Å². The Hall–Kier alpha value is -3.67. The first-order valence-corrected chi connectivity index (χ1v) is 9.43. The Balaban J connectivity index is 1.60. The maximum absolute atomic E-state index is 12.4. The number of rotatable bonds is 6. The third-order valence-electron chi connectivity index (χ3n) is 4.33.